The summed E-state index contributed by atoms with van der Waals surface area (Å²) in [6, 6.07) is 14.4. The van der Waals surface area contributed by atoms with E-state index in [2.05, 4.69) is 37.4 Å². The lowest BCUT2D eigenvalue weighted by molar-refractivity contribution is -0.121. The quantitative estimate of drug-likeness (QED) is 0.900. The number of amides is 1. The molecule has 2 aromatic carbocycles. The van der Waals surface area contributed by atoms with Gasteiger partial charge in [0.1, 0.15) is 0 Å². The van der Waals surface area contributed by atoms with Gasteiger partial charge in [-0.1, -0.05) is 42.5 Å². The molecule has 0 bridgehead atoms. The number of hydrogen-bond acceptors (Lipinski definition) is 1. The third-order valence-electron chi connectivity index (χ3n) is 4.02. The zero-order valence-corrected chi connectivity index (χ0v) is 13.2. The molecule has 2 aromatic rings. The first kappa shape index (κ1) is 15.3. The second-order valence-electron chi connectivity index (χ2n) is 5.74. The summed E-state index contributed by atoms with van der Waals surface area (Å²) in [5.41, 5.74) is 5.93. The molecule has 0 fully saturated rings. The van der Waals surface area contributed by atoms with Gasteiger partial charge in [-0.05, 0) is 55.5 Å². The second kappa shape index (κ2) is 6.57. The van der Waals surface area contributed by atoms with Gasteiger partial charge < -0.3 is 5.32 Å². The molecule has 1 unspecified atom stereocenters. The van der Waals surface area contributed by atoms with Crippen LogP contribution >= 0.6 is 0 Å². The fraction of sp³-hybridized carbons (Fsp3) is 0.316. The van der Waals surface area contributed by atoms with E-state index in [4.69, 9.17) is 0 Å². The van der Waals surface area contributed by atoms with E-state index in [1.54, 1.807) is 0 Å². The molecule has 0 aliphatic heterocycles. The molecule has 21 heavy (non-hydrogen) atoms. The molecular formula is C19H23NO. The molecule has 2 heteroatoms. The van der Waals surface area contributed by atoms with Crippen LogP contribution in [0.1, 0.15) is 40.8 Å². The minimum atomic E-state index is 0.0285. The summed E-state index contributed by atoms with van der Waals surface area (Å²) in [7, 11) is 0. The van der Waals surface area contributed by atoms with E-state index in [-0.39, 0.29) is 11.9 Å². The predicted octanol–water partition coefficient (Wildman–Crippen LogP) is 4.03. The van der Waals surface area contributed by atoms with E-state index in [0.717, 1.165) is 16.7 Å². The van der Waals surface area contributed by atoms with Crippen molar-refractivity contribution in [3.8, 4) is 0 Å². The molecular weight excluding hydrogens is 258 g/mol. The molecule has 0 spiro atoms. The minimum absolute atomic E-state index is 0.0285. The zero-order chi connectivity index (χ0) is 15.4. The Labute approximate surface area is 127 Å². The minimum Gasteiger partial charge on any atom is -0.349 e. The summed E-state index contributed by atoms with van der Waals surface area (Å²) in [6.45, 7) is 8.26. The van der Waals surface area contributed by atoms with Crippen LogP contribution in [-0.4, -0.2) is 5.91 Å². The number of rotatable bonds is 4. The number of carbonyl (C=O) groups is 1. The van der Waals surface area contributed by atoms with E-state index in [9.17, 15) is 4.79 Å². The van der Waals surface area contributed by atoms with Crippen LogP contribution in [0.5, 0.6) is 0 Å². The van der Waals surface area contributed by atoms with Crippen molar-refractivity contribution in [1.29, 1.82) is 0 Å². The van der Waals surface area contributed by atoms with Gasteiger partial charge in [-0.3, -0.25) is 4.79 Å². The Morgan fingerprint density at radius 3 is 2.38 bits per heavy atom. The highest BCUT2D eigenvalue weighted by molar-refractivity contribution is 5.79. The summed E-state index contributed by atoms with van der Waals surface area (Å²) in [6.07, 6.45) is 0.432. The first-order valence-electron chi connectivity index (χ1n) is 7.38. The van der Waals surface area contributed by atoms with Crippen molar-refractivity contribution < 1.29 is 4.79 Å². The van der Waals surface area contributed by atoms with Crippen LogP contribution in [0, 0.1) is 20.8 Å². The Hall–Kier alpha value is -2.09. The van der Waals surface area contributed by atoms with E-state index in [0.29, 0.717) is 6.42 Å². The van der Waals surface area contributed by atoms with Gasteiger partial charge in [-0.15, -0.1) is 0 Å². The fourth-order valence-electron chi connectivity index (χ4n) is 2.39. The fourth-order valence-corrected chi connectivity index (χ4v) is 2.39. The lowest BCUT2D eigenvalue weighted by Crippen LogP contribution is -2.28. The molecule has 1 amide bonds. The molecule has 110 valence electrons. The topological polar surface area (TPSA) is 29.1 Å². The van der Waals surface area contributed by atoms with Gasteiger partial charge >= 0.3 is 0 Å². The summed E-state index contributed by atoms with van der Waals surface area (Å²) in [4.78, 5) is 12.2. The molecule has 1 N–H and O–H groups in total. The van der Waals surface area contributed by atoms with E-state index in [1.807, 2.05) is 38.1 Å². The third-order valence-corrected chi connectivity index (χ3v) is 4.02. The van der Waals surface area contributed by atoms with Crippen LogP contribution < -0.4 is 5.32 Å². The summed E-state index contributed by atoms with van der Waals surface area (Å²) < 4.78 is 0. The molecule has 0 saturated carbocycles. The van der Waals surface area contributed by atoms with Crippen LogP contribution in [0.2, 0.25) is 0 Å². The standard InChI is InChI=1S/C19H23NO/c1-13-9-10-18(11-15(13)3)16(4)20-19(21)12-17-8-6-5-7-14(17)2/h5-11,16H,12H2,1-4H3,(H,20,21). The molecule has 1 atom stereocenters. The van der Waals surface area contributed by atoms with Crippen molar-refractivity contribution in [3.05, 3.63) is 70.3 Å². The van der Waals surface area contributed by atoms with Crippen LogP contribution in [0.4, 0.5) is 0 Å². The number of aryl methyl sites for hydroxylation is 3. The Morgan fingerprint density at radius 1 is 1.00 bits per heavy atom. The first-order chi connectivity index (χ1) is 9.97. The Bertz CT molecular complexity index is 646. The SMILES string of the molecule is Cc1ccc(C(C)NC(=O)Cc2ccccc2C)cc1C. The van der Waals surface area contributed by atoms with Crippen molar-refractivity contribution in [2.45, 2.75) is 40.2 Å². The largest absolute Gasteiger partial charge is 0.349 e. The maximum absolute atomic E-state index is 12.2. The van der Waals surface area contributed by atoms with Crippen molar-refractivity contribution in [2.75, 3.05) is 0 Å². The number of nitrogens with one attached hydrogen (secondary N) is 1. The van der Waals surface area contributed by atoms with Gasteiger partial charge in [-0.25, -0.2) is 0 Å². The van der Waals surface area contributed by atoms with E-state index >= 15 is 0 Å². The summed E-state index contributed by atoms with van der Waals surface area (Å²) >= 11 is 0. The van der Waals surface area contributed by atoms with Gasteiger partial charge in [-0.2, -0.15) is 0 Å². The Kier molecular flexibility index (Phi) is 4.79. The second-order valence-corrected chi connectivity index (χ2v) is 5.74. The van der Waals surface area contributed by atoms with Gasteiger partial charge in [0.05, 0.1) is 12.5 Å². The van der Waals surface area contributed by atoms with Gasteiger partial charge in [0.15, 0.2) is 0 Å². The average Bonchev–Trinajstić information content (AvgIpc) is 2.44. The van der Waals surface area contributed by atoms with Gasteiger partial charge in [0.25, 0.3) is 0 Å². The van der Waals surface area contributed by atoms with Crippen molar-refractivity contribution in [1.82, 2.24) is 5.32 Å². The van der Waals surface area contributed by atoms with Crippen LogP contribution in [0.3, 0.4) is 0 Å². The summed E-state index contributed by atoms with van der Waals surface area (Å²) in [5, 5.41) is 3.08. The molecule has 0 saturated heterocycles. The normalized spacial score (nSPS) is 12.0. The number of carbonyl (C=O) groups excluding carboxylic acids is 1. The van der Waals surface area contributed by atoms with Crippen LogP contribution in [0.25, 0.3) is 0 Å². The maximum atomic E-state index is 12.2. The molecule has 0 heterocycles. The molecule has 0 radical (unpaired) electrons. The van der Waals surface area contributed by atoms with Crippen molar-refractivity contribution in [2.24, 2.45) is 0 Å². The van der Waals surface area contributed by atoms with Gasteiger partial charge in [0, 0.05) is 0 Å². The molecule has 2 nitrogen and oxygen atoms in total. The molecule has 0 aliphatic carbocycles. The molecule has 0 aromatic heterocycles. The third kappa shape index (κ3) is 3.94. The summed E-state index contributed by atoms with van der Waals surface area (Å²) in [5.74, 6) is 0.0648. The van der Waals surface area contributed by atoms with Crippen molar-refractivity contribution >= 4 is 5.91 Å². The average molecular weight is 281 g/mol. The highest BCUT2D eigenvalue weighted by Crippen LogP contribution is 2.17. The van der Waals surface area contributed by atoms with E-state index in [1.165, 1.54) is 11.1 Å². The molecule has 0 aliphatic rings. The predicted molar refractivity (Wildman–Crippen MR) is 87.4 cm³/mol. The smallest absolute Gasteiger partial charge is 0.224 e. The highest BCUT2D eigenvalue weighted by atomic mass is 16.1. The Balaban J connectivity index is 2.02. The zero-order valence-electron chi connectivity index (χ0n) is 13.2. The molecule has 2 rings (SSSR count). The van der Waals surface area contributed by atoms with Crippen LogP contribution in [-0.2, 0) is 11.2 Å². The van der Waals surface area contributed by atoms with E-state index < -0.39 is 0 Å². The van der Waals surface area contributed by atoms with Crippen molar-refractivity contribution in [3.63, 3.8) is 0 Å². The van der Waals surface area contributed by atoms with Gasteiger partial charge in [0.2, 0.25) is 5.91 Å². The first-order valence-corrected chi connectivity index (χ1v) is 7.38. The Morgan fingerprint density at radius 2 is 1.71 bits per heavy atom. The lowest BCUT2D eigenvalue weighted by atomic mass is 10.0. The number of benzene rings is 2. The monoisotopic (exact) mass is 281 g/mol. The number of hydrogen-bond donors (Lipinski definition) is 1. The lowest BCUT2D eigenvalue weighted by Gasteiger charge is -2.16. The van der Waals surface area contributed by atoms with Crippen LogP contribution in [0.15, 0.2) is 42.5 Å². The highest BCUT2D eigenvalue weighted by Gasteiger charge is 2.11. The maximum Gasteiger partial charge on any atom is 0.224 e.